The van der Waals surface area contributed by atoms with Crippen LogP contribution in [0, 0.1) is 0 Å². The molecular weight excluding hydrogens is 368 g/mol. The lowest BCUT2D eigenvalue weighted by molar-refractivity contribution is 0.481. The molecule has 0 bridgehead atoms. The van der Waals surface area contributed by atoms with Gasteiger partial charge in [-0.1, -0.05) is 60.7 Å². The minimum atomic E-state index is -3.96. The fourth-order valence-electron chi connectivity index (χ4n) is 2.86. The van der Waals surface area contributed by atoms with Gasteiger partial charge in [0.1, 0.15) is 10.6 Å². The van der Waals surface area contributed by atoms with Crippen LogP contribution in [0.4, 0.5) is 0 Å². The molecule has 0 unspecified atom stereocenters. The van der Waals surface area contributed by atoms with Crippen LogP contribution in [0.1, 0.15) is 0 Å². The smallest absolute Gasteiger partial charge is 0.308 e. The van der Waals surface area contributed by atoms with Crippen molar-refractivity contribution in [2.45, 2.75) is 9.79 Å². The van der Waals surface area contributed by atoms with Crippen molar-refractivity contribution in [3.63, 3.8) is 0 Å². The van der Waals surface area contributed by atoms with Gasteiger partial charge in [0.15, 0.2) is 0 Å². The number of phenolic OH excluding ortho intramolecular Hbond substituents is 1. The second-order valence-corrected chi connectivity index (χ2v) is 8.21. The van der Waals surface area contributed by atoms with Crippen molar-refractivity contribution >= 4 is 43.7 Å². The number of aromatic hydroxyl groups is 1. The molecule has 0 radical (unpaired) electrons. The molecule has 4 rings (SSSR count). The highest BCUT2D eigenvalue weighted by atomic mass is 32.3. The number of phenols is 1. The maximum atomic E-state index is 12.7. The molecule has 0 aromatic heterocycles. The van der Waals surface area contributed by atoms with Gasteiger partial charge in [0.05, 0.1) is 12.0 Å². The molecule has 0 spiro atoms. The van der Waals surface area contributed by atoms with Crippen LogP contribution in [0.25, 0.3) is 21.5 Å². The largest absolute Gasteiger partial charge is 0.507 e. The Bertz CT molecular complexity index is 1210. The van der Waals surface area contributed by atoms with Crippen LogP contribution >= 0.6 is 12.0 Å². The summed E-state index contributed by atoms with van der Waals surface area (Å²) < 4.78 is 30.7. The molecule has 0 aliphatic carbocycles. The summed E-state index contributed by atoms with van der Waals surface area (Å²) in [6, 6.07) is 22.7. The Kier molecular flexibility index (Phi) is 4.32. The van der Waals surface area contributed by atoms with E-state index in [2.05, 4.69) is 0 Å². The van der Waals surface area contributed by atoms with Gasteiger partial charge in [-0.05, 0) is 23.6 Å². The van der Waals surface area contributed by atoms with Crippen molar-refractivity contribution in [3.05, 3.63) is 78.9 Å². The molecule has 1 N–H and O–H groups in total. The van der Waals surface area contributed by atoms with E-state index in [9.17, 15) is 13.5 Å². The Hall–Kier alpha value is -2.54. The summed E-state index contributed by atoms with van der Waals surface area (Å²) >= 11 is 0.770. The van der Waals surface area contributed by atoms with Gasteiger partial charge in [0, 0.05) is 21.1 Å². The van der Waals surface area contributed by atoms with E-state index in [-0.39, 0.29) is 10.6 Å². The number of benzene rings is 4. The van der Waals surface area contributed by atoms with Crippen LogP contribution in [0.3, 0.4) is 0 Å². The first-order chi connectivity index (χ1) is 12.6. The molecule has 0 aliphatic heterocycles. The molecule has 4 aromatic carbocycles. The van der Waals surface area contributed by atoms with Crippen LogP contribution in [0.2, 0.25) is 0 Å². The van der Waals surface area contributed by atoms with Gasteiger partial charge in [-0.15, -0.1) is 0 Å². The number of rotatable bonds is 4. The van der Waals surface area contributed by atoms with Gasteiger partial charge in [-0.2, -0.15) is 12.0 Å². The maximum absolute atomic E-state index is 12.7. The van der Waals surface area contributed by atoms with Crippen LogP contribution in [-0.2, 0) is 13.7 Å². The molecule has 0 fully saturated rings. The normalized spacial score (nSPS) is 11.8. The zero-order valence-corrected chi connectivity index (χ0v) is 15.1. The first-order valence-corrected chi connectivity index (χ1v) is 10.0. The first kappa shape index (κ1) is 16.9. The molecule has 0 heterocycles. The summed E-state index contributed by atoms with van der Waals surface area (Å²) in [4.78, 5) is 0.744. The Labute approximate surface area is 155 Å². The molecule has 0 atom stereocenters. The van der Waals surface area contributed by atoms with Crippen molar-refractivity contribution in [2.75, 3.05) is 0 Å². The monoisotopic (exact) mass is 382 g/mol. The van der Waals surface area contributed by atoms with Crippen LogP contribution < -0.4 is 0 Å². The van der Waals surface area contributed by atoms with Gasteiger partial charge in [-0.3, -0.25) is 0 Å². The third-order valence-corrected chi connectivity index (χ3v) is 6.51. The molecular formula is C20H14O4S2. The third-order valence-electron chi connectivity index (χ3n) is 4.09. The van der Waals surface area contributed by atoms with Crippen molar-refractivity contribution < 1.29 is 17.2 Å². The molecule has 26 heavy (non-hydrogen) atoms. The average Bonchev–Trinajstić information content (AvgIpc) is 2.67. The fraction of sp³-hybridized carbons (Fsp3) is 0. The predicted molar refractivity (Wildman–Crippen MR) is 104 cm³/mol. The quantitative estimate of drug-likeness (QED) is 0.497. The molecule has 4 nitrogen and oxygen atoms in total. The second-order valence-electron chi connectivity index (χ2n) is 5.71. The second kappa shape index (κ2) is 6.64. The van der Waals surface area contributed by atoms with Crippen molar-refractivity contribution in [3.8, 4) is 5.75 Å². The molecule has 4 aromatic rings. The predicted octanol–water partition coefficient (Wildman–Crippen LogP) is 5.11. The van der Waals surface area contributed by atoms with Crippen LogP contribution in [0.5, 0.6) is 5.75 Å². The standard InChI is InChI=1S/C20H14O4S2/c21-18-12-13-19(17-10-4-3-9-16(17)18)25-24-26(22,23)20-11-5-7-14-6-1-2-8-15(14)20/h1-13,21H. The lowest BCUT2D eigenvalue weighted by Gasteiger charge is -2.09. The molecule has 6 heteroatoms. The fourth-order valence-corrected chi connectivity index (χ4v) is 4.90. The third kappa shape index (κ3) is 3.03. The number of fused-ring (bicyclic) bond motifs is 2. The number of hydrogen-bond acceptors (Lipinski definition) is 5. The van der Waals surface area contributed by atoms with E-state index in [0.717, 1.165) is 22.8 Å². The molecule has 130 valence electrons. The topological polar surface area (TPSA) is 63.6 Å². The highest BCUT2D eigenvalue weighted by molar-refractivity contribution is 8.04. The van der Waals surface area contributed by atoms with Crippen molar-refractivity contribution in [2.24, 2.45) is 0 Å². The lowest BCUT2D eigenvalue weighted by Crippen LogP contribution is -2.02. The van der Waals surface area contributed by atoms with Crippen LogP contribution in [-0.4, -0.2) is 13.5 Å². The number of hydrogen-bond donors (Lipinski definition) is 1. The van der Waals surface area contributed by atoms with Gasteiger partial charge in [0.25, 0.3) is 0 Å². The summed E-state index contributed by atoms with van der Waals surface area (Å²) in [7, 11) is -3.96. The van der Waals surface area contributed by atoms with Gasteiger partial charge in [0.2, 0.25) is 0 Å². The Morgan fingerprint density at radius 3 is 2.19 bits per heavy atom. The summed E-state index contributed by atoms with van der Waals surface area (Å²) in [5, 5.41) is 12.8. The summed E-state index contributed by atoms with van der Waals surface area (Å²) in [6.07, 6.45) is 0. The van der Waals surface area contributed by atoms with E-state index in [0.29, 0.717) is 15.7 Å². The van der Waals surface area contributed by atoms with Crippen molar-refractivity contribution in [1.82, 2.24) is 0 Å². The van der Waals surface area contributed by atoms with E-state index < -0.39 is 10.1 Å². The zero-order chi connectivity index (χ0) is 18.1. The zero-order valence-electron chi connectivity index (χ0n) is 13.5. The minimum Gasteiger partial charge on any atom is -0.507 e. The highest BCUT2D eigenvalue weighted by Gasteiger charge is 2.20. The summed E-state index contributed by atoms with van der Waals surface area (Å²) in [5.41, 5.74) is 0. The Balaban J connectivity index is 1.71. The van der Waals surface area contributed by atoms with Gasteiger partial charge in [-0.25, -0.2) is 0 Å². The van der Waals surface area contributed by atoms with E-state index in [1.165, 1.54) is 12.1 Å². The average molecular weight is 382 g/mol. The summed E-state index contributed by atoms with van der Waals surface area (Å²) in [5.74, 6) is 0.141. The first-order valence-electron chi connectivity index (χ1n) is 7.86. The minimum absolute atomic E-state index is 0.131. The highest BCUT2D eigenvalue weighted by Crippen LogP contribution is 2.36. The van der Waals surface area contributed by atoms with Gasteiger partial charge < -0.3 is 5.11 Å². The van der Waals surface area contributed by atoms with E-state index >= 15 is 0 Å². The Morgan fingerprint density at radius 2 is 1.38 bits per heavy atom. The lowest BCUT2D eigenvalue weighted by atomic mass is 10.1. The van der Waals surface area contributed by atoms with E-state index in [1.54, 1.807) is 30.3 Å². The molecule has 0 saturated heterocycles. The van der Waals surface area contributed by atoms with Gasteiger partial charge >= 0.3 is 10.1 Å². The molecule has 0 amide bonds. The Morgan fingerprint density at radius 1 is 0.731 bits per heavy atom. The van der Waals surface area contributed by atoms with Crippen molar-refractivity contribution in [1.29, 1.82) is 0 Å². The molecule has 0 aliphatic rings. The molecule has 0 saturated carbocycles. The van der Waals surface area contributed by atoms with Crippen LogP contribution in [0.15, 0.2) is 88.7 Å². The van der Waals surface area contributed by atoms with E-state index in [4.69, 9.17) is 3.63 Å². The SMILES string of the molecule is O=S(=O)(OSc1ccc(O)c2ccccc12)c1cccc2ccccc12. The summed E-state index contributed by atoms with van der Waals surface area (Å²) in [6.45, 7) is 0. The maximum Gasteiger partial charge on any atom is 0.308 e. The van der Waals surface area contributed by atoms with E-state index in [1.807, 2.05) is 36.4 Å².